The topological polar surface area (TPSA) is 0 Å². The summed E-state index contributed by atoms with van der Waals surface area (Å²) in [6.45, 7) is 1.87. The molecule has 0 saturated heterocycles. The van der Waals surface area contributed by atoms with Crippen molar-refractivity contribution in [3.63, 3.8) is 0 Å². The van der Waals surface area contributed by atoms with Gasteiger partial charge in [0.25, 0.3) is 0 Å². The highest BCUT2D eigenvalue weighted by Gasteiger charge is 1.83. The second-order valence-corrected chi connectivity index (χ2v) is 2.74. The van der Waals surface area contributed by atoms with Gasteiger partial charge in [-0.3, -0.25) is 0 Å². The Morgan fingerprint density at radius 3 is 2.40 bits per heavy atom. The molecule has 0 unspecified atom stereocenters. The molecule has 0 atom stereocenters. The Morgan fingerprint density at radius 2 is 1.90 bits per heavy atom. The average molecular weight is 153 g/mol. The molecule has 0 radical (unpaired) electrons. The third kappa shape index (κ3) is 2.24. The second-order valence-electron chi connectivity index (χ2n) is 2.14. The van der Waals surface area contributed by atoms with Gasteiger partial charge in [0.15, 0.2) is 0 Å². The molecule has 0 aliphatic carbocycles. The van der Waals surface area contributed by atoms with E-state index in [1.165, 1.54) is 0 Å². The monoisotopic (exact) mass is 152 g/mol. The summed E-state index contributed by atoms with van der Waals surface area (Å²) in [6.07, 6.45) is 1.93. The molecule has 1 aromatic carbocycles. The fraction of sp³-hybridized carbons (Fsp3) is 0.111. The molecular weight excluding hydrogens is 144 g/mol. The molecule has 0 heterocycles. The predicted octanol–water partition coefficient (Wildman–Crippen LogP) is 3.29. The standard InChI is InChI=1S/C9H9Cl/c1-8(10)7-9-5-3-2-4-6-9/h2-7H,1H3/b8-7+. The van der Waals surface area contributed by atoms with E-state index in [4.69, 9.17) is 11.6 Å². The first-order chi connectivity index (χ1) is 4.79. The van der Waals surface area contributed by atoms with Crippen LogP contribution >= 0.6 is 11.6 Å². The molecule has 1 rings (SSSR count). The summed E-state index contributed by atoms with van der Waals surface area (Å²) in [5.41, 5.74) is 1.15. The van der Waals surface area contributed by atoms with Crippen LogP contribution in [0.3, 0.4) is 0 Å². The average Bonchev–Trinajstić information content (AvgIpc) is 1.88. The molecule has 0 spiro atoms. The molecule has 0 amide bonds. The highest BCUT2D eigenvalue weighted by Crippen LogP contribution is 2.07. The lowest BCUT2D eigenvalue weighted by Crippen LogP contribution is -1.68. The number of benzene rings is 1. The summed E-state index contributed by atoms with van der Waals surface area (Å²) >= 11 is 5.67. The van der Waals surface area contributed by atoms with E-state index in [2.05, 4.69) is 0 Å². The lowest BCUT2D eigenvalue weighted by molar-refractivity contribution is 1.63. The Kier molecular flexibility index (Phi) is 2.52. The van der Waals surface area contributed by atoms with E-state index in [0.717, 1.165) is 10.6 Å². The molecule has 1 heteroatoms. The van der Waals surface area contributed by atoms with Gasteiger partial charge in [0.05, 0.1) is 0 Å². The molecule has 0 aliphatic rings. The first kappa shape index (κ1) is 7.36. The van der Waals surface area contributed by atoms with Crippen molar-refractivity contribution in [2.75, 3.05) is 0 Å². The van der Waals surface area contributed by atoms with Gasteiger partial charge in [-0.05, 0) is 18.6 Å². The lowest BCUT2D eigenvalue weighted by Gasteiger charge is -1.90. The van der Waals surface area contributed by atoms with E-state index in [0.29, 0.717) is 0 Å². The summed E-state index contributed by atoms with van der Waals surface area (Å²) in [5, 5.41) is 0.811. The Labute approximate surface area is 66.1 Å². The number of hydrogen-bond acceptors (Lipinski definition) is 0. The smallest absolute Gasteiger partial charge is 0.0155 e. The highest BCUT2D eigenvalue weighted by atomic mass is 35.5. The molecule has 0 fully saturated rings. The number of rotatable bonds is 1. The number of hydrogen-bond donors (Lipinski definition) is 0. The van der Waals surface area contributed by atoms with Crippen LogP contribution in [0, 0.1) is 0 Å². The zero-order chi connectivity index (χ0) is 7.40. The summed E-state index contributed by atoms with van der Waals surface area (Å²) in [4.78, 5) is 0. The number of allylic oxidation sites excluding steroid dienone is 1. The van der Waals surface area contributed by atoms with E-state index in [1.807, 2.05) is 43.3 Å². The van der Waals surface area contributed by atoms with Crippen LogP contribution in [-0.4, -0.2) is 0 Å². The minimum absolute atomic E-state index is 0.811. The van der Waals surface area contributed by atoms with Gasteiger partial charge >= 0.3 is 0 Å². The molecule has 0 bridgehead atoms. The van der Waals surface area contributed by atoms with Crippen molar-refractivity contribution >= 4 is 17.7 Å². The van der Waals surface area contributed by atoms with Crippen molar-refractivity contribution in [1.29, 1.82) is 0 Å². The molecular formula is C9H9Cl. The van der Waals surface area contributed by atoms with Crippen molar-refractivity contribution in [2.45, 2.75) is 6.92 Å². The Bertz CT molecular complexity index is 220. The van der Waals surface area contributed by atoms with Crippen LogP contribution in [0.15, 0.2) is 35.4 Å². The Morgan fingerprint density at radius 1 is 1.30 bits per heavy atom. The van der Waals surface area contributed by atoms with Crippen molar-refractivity contribution < 1.29 is 0 Å². The SMILES string of the molecule is C/C(Cl)=C\c1ccccc1. The maximum Gasteiger partial charge on any atom is 0.0155 e. The molecule has 0 aromatic heterocycles. The van der Waals surface area contributed by atoms with Crippen molar-refractivity contribution in [2.24, 2.45) is 0 Å². The number of halogens is 1. The van der Waals surface area contributed by atoms with Gasteiger partial charge in [-0.25, -0.2) is 0 Å². The van der Waals surface area contributed by atoms with Gasteiger partial charge < -0.3 is 0 Å². The zero-order valence-corrected chi connectivity index (χ0v) is 6.60. The first-order valence-electron chi connectivity index (χ1n) is 3.18. The van der Waals surface area contributed by atoms with Gasteiger partial charge in [-0.2, -0.15) is 0 Å². The highest BCUT2D eigenvalue weighted by molar-refractivity contribution is 6.31. The molecule has 0 nitrogen and oxygen atoms in total. The lowest BCUT2D eigenvalue weighted by atomic mass is 10.2. The van der Waals surface area contributed by atoms with Gasteiger partial charge in [0.1, 0.15) is 0 Å². The maximum absolute atomic E-state index is 5.67. The minimum Gasteiger partial charge on any atom is -0.0894 e. The van der Waals surface area contributed by atoms with E-state index >= 15 is 0 Å². The third-order valence-electron chi connectivity index (χ3n) is 1.17. The quantitative estimate of drug-likeness (QED) is 0.580. The molecule has 52 valence electrons. The Balaban J connectivity index is 2.87. The normalized spacial score (nSPS) is 11.6. The largest absolute Gasteiger partial charge is 0.0894 e. The summed E-state index contributed by atoms with van der Waals surface area (Å²) in [7, 11) is 0. The molecule has 0 N–H and O–H groups in total. The van der Waals surface area contributed by atoms with Gasteiger partial charge in [-0.15, -0.1) is 0 Å². The first-order valence-corrected chi connectivity index (χ1v) is 3.55. The van der Waals surface area contributed by atoms with E-state index in [9.17, 15) is 0 Å². The predicted molar refractivity (Wildman–Crippen MR) is 45.9 cm³/mol. The third-order valence-corrected chi connectivity index (χ3v) is 1.27. The van der Waals surface area contributed by atoms with Crippen LogP contribution in [0.25, 0.3) is 6.08 Å². The Hall–Kier alpha value is -0.750. The summed E-state index contributed by atoms with van der Waals surface area (Å²) < 4.78 is 0. The summed E-state index contributed by atoms with van der Waals surface area (Å²) in [6, 6.07) is 10.0. The minimum atomic E-state index is 0.811. The van der Waals surface area contributed by atoms with Crippen LogP contribution in [0.1, 0.15) is 12.5 Å². The molecule has 0 saturated carbocycles. The van der Waals surface area contributed by atoms with Crippen LogP contribution in [0.2, 0.25) is 0 Å². The summed E-state index contributed by atoms with van der Waals surface area (Å²) in [5.74, 6) is 0. The maximum atomic E-state index is 5.67. The fourth-order valence-electron chi connectivity index (χ4n) is 0.779. The van der Waals surface area contributed by atoms with E-state index < -0.39 is 0 Å². The van der Waals surface area contributed by atoms with Gasteiger partial charge in [0, 0.05) is 5.03 Å². The van der Waals surface area contributed by atoms with E-state index in [-0.39, 0.29) is 0 Å². The molecule has 10 heavy (non-hydrogen) atoms. The fourth-order valence-corrected chi connectivity index (χ4v) is 0.905. The van der Waals surface area contributed by atoms with Crippen LogP contribution in [-0.2, 0) is 0 Å². The zero-order valence-electron chi connectivity index (χ0n) is 5.84. The molecule has 0 aliphatic heterocycles. The molecule has 1 aromatic rings. The van der Waals surface area contributed by atoms with Crippen LogP contribution in [0.5, 0.6) is 0 Å². The van der Waals surface area contributed by atoms with E-state index in [1.54, 1.807) is 0 Å². The van der Waals surface area contributed by atoms with Crippen molar-refractivity contribution in [1.82, 2.24) is 0 Å². The van der Waals surface area contributed by atoms with Crippen molar-refractivity contribution in [3.05, 3.63) is 40.9 Å². The van der Waals surface area contributed by atoms with Gasteiger partial charge in [-0.1, -0.05) is 41.9 Å². The van der Waals surface area contributed by atoms with Gasteiger partial charge in [0.2, 0.25) is 0 Å². The van der Waals surface area contributed by atoms with Crippen LogP contribution < -0.4 is 0 Å². The second kappa shape index (κ2) is 3.43. The van der Waals surface area contributed by atoms with Crippen LogP contribution in [0.4, 0.5) is 0 Å². The van der Waals surface area contributed by atoms with Crippen molar-refractivity contribution in [3.8, 4) is 0 Å².